The Kier molecular flexibility index (Phi) is 5.08. The van der Waals surface area contributed by atoms with Gasteiger partial charge in [0, 0.05) is 19.2 Å². The van der Waals surface area contributed by atoms with E-state index in [4.69, 9.17) is 0 Å². The Hall–Kier alpha value is -3.55. The van der Waals surface area contributed by atoms with Crippen LogP contribution in [0.5, 0.6) is 0 Å². The van der Waals surface area contributed by atoms with Crippen LogP contribution in [-0.4, -0.2) is 21.4 Å². The fraction of sp³-hybridized carbons (Fsp3) is 0.217. The molecule has 1 atom stereocenters. The number of benzene rings is 3. The summed E-state index contributed by atoms with van der Waals surface area (Å²) in [6, 6.07) is 18.5. The molecule has 1 amide bonds. The average Bonchev–Trinajstić information content (AvgIpc) is 2.97. The fourth-order valence-electron chi connectivity index (χ4n) is 3.62. The molecule has 8 heteroatoms. The van der Waals surface area contributed by atoms with Crippen LogP contribution in [0.15, 0.2) is 65.5 Å². The normalized spacial score (nSPS) is 12.9. The molecule has 0 radical (unpaired) electrons. The third-order valence-corrected chi connectivity index (χ3v) is 5.36. The maximum absolute atomic E-state index is 12.8. The number of rotatable bonds is 4. The van der Waals surface area contributed by atoms with Crippen LogP contribution in [0.3, 0.4) is 0 Å². The van der Waals surface area contributed by atoms with Gasteiger partial charge in [-0.2, -0.15) is 13.2 Å². The first-order valence-corrected chi connectivity index (χ1v) is 9.72. The van der Waals surface area contributed by atoms with Crippen LogP contribution in [0.1, 0.15) is 13.3 Å². The van der Waals surface area contributed by atoms with Gasteiger partial charge >= 0.3 is 6.18 Å². The number of alkyl halides is 3. The van der Waals surface area contributed by atoms with Gasteiger partial charge in [0.2, 0.25) is 5.91 Å². The van der Waals surface area contributed by atoms with Crippen molar-refractivity contribution in [3.63, 3.8) is 0 Å². The summed E-state index contributed by atoms with van der Waals surface area (Å²) in [5.74, 6) is -2.51. The number of halogens is 3. The molecule has 4 rings (SSSR count). The van der Waals surface area contributed by atoms with Crippen molar-refractivity contribution in [2.24, 2.45) is 13.0 Å². The predicted octanol–water partition coefficient (Wildman–Crippen LogP) is 5.01. The molecular weight excluding hydrogens is 407 g/mol. The van der Waals surface area contributed by atoms with Gasteiger partial charge in [0.1, 0.15) is 0 Å². The molecule has 3 aromatic carbocycles. The lowest BCUT2D eigenvalue weighted by Gasteiger charge is -2.15. The highest BCUT2D eigenvalue weighted by molar-refractivity contribution is 5.94. The van der Waals surface area contributed by atoms with Gasteiger partial charge in [-0.25, -0.2) is 4.68 Å². The molecule has 0 spiro atoms. The molecule has 0 fully saturated rings. The molecule has 5 nitrogen and oxygen atoms in total. The van der Waals surface area contributed by atoms with E-state index in [0.29, 0.717) is 10.9 Å². The smallest absolute Gasteiger partial charge is 0.326 e. The van der Waals surface area contributed by atoms with E-state index in [-0.39, 0.29) is 11.2 Å². The standard InChI is InChI=1S/C23H20F3N3O2/c1-14(23(24,25)26)11-21(30)27-17-8-10-20-19(13-17)22(31)28(2)29(20)18-9-7-15-5-3-4-6-16(15)12-18/h3-10,12-14H,11H2,1-2H3,(H,27,30). The summed E-state index contributed by atoms with van der Waals surface area (Å²) in [5.41, 5.74) is 1.43. The van der Waals surface area contributed by atoms with Crippen LogP contribution in [0.25, 0.3) is 27.4 Å². The maximum atomic E-state index is 12.8. The van der Waals surface area contributed by atoms with Crippen LogP contribution >= 0.6 is 0 Å². The van der Waals surface area contributed by atoms with E-state index in [2.05, 4.69) is 5.32 Å². The van der Waals surface area contributed by atoms with E-state index >= 15 is 0 Å². The van der Waals surface area contributed by atoms with Crippen LogP contribution in [0.4, 0.5) is 18.9 Å². The molecule has 0 saturated carbocycles. The van der Waals surface area contributed by atoms with Gasteiger partial charge in [-0.1, -0.05) is 37.3 Å². The molecule has 0 saturated heterocycles. The Bertz CT molecular complexity index is 1350. The molecular formula is C23H20F3N3O2. The molecule has 0 bridgehead atoms. The Balaban J connectivity index is 1.69. The van der Waals surface area contributed by atoms with Gasteiger partial charge in [0.15, 0.2) is 0 Å². The number of hydrogen-bond donors (Lipinski definition) is 1. The second-order valence-corrected chi connectivity index (χ2v) is 7.60. The lowest BCUT2D eigenvalue weighted by molar-refractivity contribution is -0.173. The first-order valence-electron chi connectivity index (χ1n) is 9.72. The Morgan fingerprint density at radius 3 is 2.45 bits per heavy atom. The molecule has 1 aromatic heterocycles. The van der Waals surface area contributed by atoms with Crippen molar-refractivity contribution in [2.45, 2.75) is 19.5 Å². The Morgan fingerprint density at radius 2 is 1.74 bits per heavy atom. The van der Waals surface area contributed by atoms with Crippen LogP contribution in [0, 0.1) is 5.92 Å². The largest absolute Gasteiger partial charge is 0.392 e. The maximum Gasteiger partial charge on any atom is 0.392 e. The Labute approximate surface area is 175 Å². The van der Waals surface area contributed by atoms with Gasteiger partial charge in [-0.15, -0.1) is 0 Å². The molecule has 0 aliphatic carbocycles. The third kappa shape index (κ3) is 3.93. The first kappa shape index (κ1) is 20.7. The summed E-state index contributed by atoms with van der Waals surface area (Å²) < 4.78 is 41.3. The van der Waals surface area contributed by atoms with E-state index in [1.165, 1.54) is 10.7 Å². The quantitative estimate of drug-likeness (QED) is 0.498. The topological polar surface area (TPSA) is 56.0 Å². The molecule has 4 aromatic rings. The zero-order valence-electron chi connectivity index (χ0n) is 16.9. The number of hydrogen-bond acceptors (Lipinski definition) is 2. The van der Waals surface area contributed by atoms with Crippen molar-refractivity contribution >= 4 is 33.3 Å². The van der Waals surface area contributed by atoms with Crippen molar-refractivity contribution in [2.75, 3.05) is 5.32 Å². The van der Waals surface area contributed by atoms with Gasteiger partial charge < -0.3 is 5.32 Å². The lowest BCUT2D eigenvalue weighted by atomic mass is 10.1. The average molecular weight is 427 g/mol. The summed E-state index contributed by atoms with van der Waals surface area (Å²) in [6.07, 6.45) is -5.12. The molecule has 0 aliphatic rings. The van der Waals surface area contributed by atoms with Crippen molar-refractivity contribution in [1.29, 1.82) is 0 Å². The van der Waals surface area contributed by atoms with Gasteiger partial charge in [-0.3, -0.25) is 14.3 Å². The summed E-state index contributed by atoms with van der Waals surface area (Å²) in [4.78, 5) is 24.8. The minimum atomic E-state index is -4.44. The molecule has 31 heavy (non-hydrogen) atoms. The van der Waals surface area contributed by atoms with Crippen LogP contribution in [-0.2, 0) is 11.8 Å². The lowest BCUT2D eigenvalue weighted by Crippen LogP contribution is -2.25. The van der Waals surface area contributed by atoms with Gasteiger partial charge in [-0.05, 0) is 41.1 Å². The molecule has 1 N–H and O–H groups in total. The van der Waals surface area contributed by atoms with E-state index < -0.39 is 24.4 Å². The van der Waals surface area contributed by atoms with Crippen molar-refractivity contribution in [3.8, 4) is 5.69 Å². The van der Waals surface area contributed by atoms with E-state index in [1.54, 1.807) is 23.9 Å². The number of carbonyl (C=O) groups excluding carboxylic acids is 1. The fourth-order valence-corrected chi connectivity index (χ4v) is 3.62. The van der Waals surface area contributed by atoms with E-state index in [1.807, 2.05) is 42.5 Å². The Morgan fingerprint density at radius 1 is 1.03 bits per heavy atom. The summed E-state index contributed by atoms with van der Waals surface area (Å²) in [7, 11) is 1.64. The SMILES string of the molecule is CC(CC(=O)Nc1ccc2c(c1)c(=O)n(C)n2-c1ccc2ccccc2c1)C(F)(F)F. The number of carbonyl (C=O) groups is 1. The van der Waals surface area contributed by atoms with E-state index in [0.717, 1.165) is 23.4 Å². The van der Waals surface area contributed by atoms with Gasteiger partial charge in [0.25, 0.3) is 5.56 Å². The summed E-state index contributed by atoms with van der Waals surface area (Å²) in [5, 5.41) is 4.92. The number of nitrogens with one attached hydrogen (secondary N) is 1. The molecule has 1 heterocycles. The zero-order valence-corrected chi connectivity index (χ0v) is 16.9. The monoisotopic (exact) mass is 427 g/mol. The summed E-state index contributed by atoms with van der Waals surface area (Å²) >= 11 is 0. The summed E-state index contributed by atoms with van der Waals surface area (Å²) in [6.45, 7) is 0.961. The highest BCUT2D eigenvalue weighted by Gasteiger charge is 2.37. The number of amides is 1. The highest BCUT2D eigenvalue weighted by atomic mass is 19.4. The molecule has 0 aliphatic heterocycles. The minimum Gasteiger partial charge on any atom is -0.326 e. The zero-order chi connectivity index (χ0) is 22.3. The molecule has 1 unspecified atom stereocenters. The van der Waals surface area contributed by atoms with Crippen LogP contribution < -0.4 is 10.9 Å². The second-order valence-electron chi connectivity index (χ2n) is 7.60. The number of fused-ring (bicyclic) bond motifs is 2. The van der Waals surface area contributed by atoms with E-state index in [9.17, 15) is 22.8 Å². The predicted molar refractivity (Wildman–Crippen MR) is 114 cm³/mol. The minimum absolute atomic E-state index is 0.275. The second kappa shape index (κ2) is 7.61. The van der Waals surface area contributed by atoms with Crippen molar-refractivity contribution < 1.29 is 18.0 Å². The van der Waals surface area contributed by atoms with Crippen molar-refractivity contribution in [3.05, 3.63) is 71.0 Å². The number of anilines is 1. The van der Waals surface area contributed by atoms with Gasteiger partial charge in [0.05, 0.1) is 22.5 Å². The number of aromatic nitrogens is 2. The molecule has 160 valence electrons. The van der Waals surface area contributed by atoms with Crippen molar-refractivity contribution in [1.82, 2.24) is 9.36 Å². The highest BCUT2D eigenvalue weighted by Crippen LogP contribution is 2.29. The number of nitrogens with zero attached hydrogens (tertiary/aromatic N) is 2. The van der Waals surface area contributed by atoms with Crippen LogP contribution in [0.2, 0.25) is 0 Å². The third-order valence-electron chi connectivity index (χ3n) is 5.36. The first-order chi connectivity index (χ1) is 14.6.